The van der Waals surface area contributed by atoms with E-state index in [1.54, 1.807) is 0 Å². The lowest BCUT2D eigenvalue weighted by atomic mass is 9.89. The van der Waals surface area contributed by atoms with Crippen molar-refractivity contribution < 1.29 is 13.5 Å². The van der Waals surface area contributed by atoms with Crippen molar-refractivity contribution in [2.45, 2.75) is 12.5 Å². The van der Waals surface area contributed by atoms with Crippen molar-refractivity contribution in [3.8, 4) is 0 Å². The van der Waals surface area contributed by atoms with Crippen molar-refractivity contribution in [1.29, 1.82) is 0 Å². The standard InChI is InChI=1S/C18H19F2NO/c19-16-6-13(7-17(20)8-16)11-22-12-15-9-21-10-18(15)14-4-2-1-3-5-14/h1-8,15,18,21H,9-12H2. The van der Waals surface area contributed by atoms with E-state index in [0.717, 1.165) is 19.2 Å². The predicted molar refractivity (Wildman–Crippen MR) is 81.6 cm³/mol. The molecule has 2 aromatic carbocycles. The first-order chi connectivity index (χ1) is 10.7. The van der Waals surface area contributed by atoms with Gasteiger partial charge in [0.15, 0.2) is 0 Å². The van der Waals surface area contributed by atoms with E-state index in [1.807, 2.05) is 18.2 Å². The largest absolute Gasteiger partial charge is 0.376 e. The Kier molecular flexibility index (Phi) is 4.80. The van der Waals surface area contributed by atoms with Crippen LogP contribution in [0.15, 0.2) is 48.5 Å². The number of ether oxygens (including phenoxy) is 1. The molecule has 0 spiro atoms. The number of nitrogens with one attached hydrogen (secondary N) is 1. The maximum absolute atomic E-state index is 13.1. The normalized spacial score (nSPS) is 21.2. The van der Waals surface area contributed by atoms with E-state index in [2.05, 4.69) is 17.4 Å². The Balaban J connectivity index is 1.56. The van der Waals surface area contributed by atoms with Gasteiger partial charge in [-0.15, -0.1) is 0 Å². The minimum absolute atomic E-state index is 0.229. The van der Waals surface area contributed by atoms with Gasteiger partial charge >= 0.3 is 0 Å². The summed E-state index contributed by atoms with van der Waals surface area (Å²) in [5.74, 6) is -0.335. The number of hydrogen-bond donors (Lipinski definition) is 1. The van der Waals surface area contributed by atoms with E-state index < -0.39 is 11.6 Å². The number of benzene rings is 2. The van der Waals surface area contributed by atoms with Crippen molar-refractivity contribution >= 4 is 0 Å². The molecule has 1 saturated heterocycles. The smallest absolute Gasteiger partial charge is 0.126 e. The number of rotatable bonds is 5. The molecule has 2 nitrogen and oxygen atoms in total. The molecular formula is C18H19F2NO. The van der Waals surface area contributed by atoms with E-state index in [-0.39, 0.29) is 6.61 Å². The second kappa shape index (κ2) is 6.99. The molecule has 0 bridgehead atoms. The SMILES string of the molecule is Fc1cc(F)cc(COCC2CNCC2c2ccccc2)c1. The predicted octanol–water partition coefficient (Wildman–Crippen LogP) is 3.48. The van der Waals surface area contributed by atoms with Crippen LogP contribution in [0.3, 0.4) is 0 Å². The van der Waals surface area contributed by atoms with E-state index in [4.69, 9.17) is 4.74 Å². The molecule has 4 heteroatoms. The van der Waals surface area contributed by atoms with Crippen LogP contribution < -0.4 is 5.32 Å². The highest BCUT2D eigenvalue weighted by Crippen LogP contribution is 2.28. The summed E-state index contributed by atoms with van der Waals surface area (Å²) in [4.78, 5) is 0. The van der Waals surface area contributed by atoms with Crippen LogP contribution in [0.1, 0.15) is 17.0 Å². The van der Waals surface area contributed by atoms with Gasteiger partial charge in [-0.25, -0.2) is 8.78 Å². The summed E-state index contributed by atoms with van der Waals surface area (Å²) in [5.41, 5.74) is 1.83. The molecule has 22 heavy (non-hydrogen) atoms. The fraction of sp³-hybridized carbons (Fsp3) is 0.333. The summed E-state index contributed by atoms with van der Waals surface area (Å²) in [6.07, 6.45) is 0. The quantitative estimate of drug-likeness (QED) is 0.913. The van der Waals surface area contributed by atoms with E-state index in [0.29, 0.717) is 24.0 Å². The molecular weight excluding hydrogens is 284 g/mol. The molecule has 2 aromatic rings. The van der Waals surface area contributed by atoms with Crippen LogP contribution in [-0.2, 0) is 11.3 Å². The maximum Gasteiger partial charge on any atom is 0.126 e. The van der Waals surface area contributed by atoms with Crippen LogP contribution in [0.25, 0.3) is 0 Å². The first kappa shape index (κ1) is 15.1. The van der Waals surface area contributed by atoms with Crippen LogP contribution in [0, 0.1) is 17.6 Å². The third-order valence-electron chi connectivity index (χ3n) is 4.09. The van der Waals surface area contributed by atoms with Crippen molar-refractivity contribution in [3.05, 3.63) is 71.3 Å². The second-order valence-electron chi connectivity index (χ2n) is 5.73. The van der Waals surface area contributed by atoms with Crippen LogP contribution >= 0.6 is 0 Å². The first-order valence-electron chi connectivity index (χ1n) is 7.51. The molecule has 1 heterocycles. The van der Waals surface area contributed by atoms with Crippen molar-refractivity contribution in [2.75, 3.05) is 19.7 Å². The second-order valence-corrected chi connectivity index (χ2v) is 5.73. The average molecular weight is 303 g/mol. The third-order valence-corrected chi connectivity index (χ3v) is 4.09. The van der Waals surface area contributed by atoms with Gasteiger partial charge < -0.3 is 10.1 Å². The highest BCUT2D eigenvalue weighted by Gasteiger charge is 2.28. The van der Waals surface area contributed by atoms with Gasteiger partial charge in [-0.1, -0.05) is 30.3 Å². The zero-order valence-electron chi connectivity index (χ0n) is 12.3. The zero-order chi connectivity index (χ0) is 15.4. The Hall–Kier alpha value is -1.78. The lowest BCUT2D eigenvalue weighted by Gasteiger charge is -2.19. The molecule has 0 aromatic heterocycles. The van der Waals surface area contributed by atoms with Crippen molar-refractivity contribution in [3.63, 3.8) is 0 Å². The maximum atomic E-state index is 13.1. The molecule has 116 valence electrons. The van der Waals surface area contributed by atoms with Crippen LogP contribution in [0.2, 0.25) is 0 Å². The molecule has 0 saturated carbocycles. The van der Waals surface area contributed by atoms with Crippen LogP contribution in [0.5, 0.6) is 0 Å². The Morgan fingerprint density at radius 1 is 1.00 bits per heavy atom. The van der Waals surface area contributed by atoms with E-state index >= 15 is 0 Å². The average Bonchev–Trinajstić information content (AvgIpc) is 2.96. The first-order valence-corrected chi connectivity index (χ1v) is 7.51. The molecule has 1 aliphatic rings. The Labute approximate surface area is 129 Å². The summed E-state index contributed by atoms with van der Waals surface area (Å²) >= 11 is 0. The molecule has 1 N–H and O–H groups in total. The van der Waals surface area contributed by atoms with Crippen LogP contribution in [-0.4, -0.2) is 19.7 Å². The third kappa shape index (κ3) is 3.70. The summed E-state index contributed by atoms with van der Waals surface area (Å²) in [6, 6.07) is 13.8. The highest BCUT2D eigenvalue weighted by atomic mass is 19.1. The zero-order valence-corrected chi connectivity index (χ0v) is 12.3. The number of halogens is 2. The van der Waals surface area contributed by atoms with Gasteiger partial charge in [0.2, 0.25) is 0 Å². The molecule has 0 amide bonds. The molecule has 2 atom stereocenters. The van der Waals surface area contributed by atoms with Crippen molar-refractivity contribution in [1.82, 2.24) is 5.32 Å². The molecule has 3 rings (SSSR count). The minimum Gasteiger partial charge on any atom is -0.376 e. The van der Waals surface area contributed by atoms with Gasteiger partial charge in [0.05, 0.1) is 13.2 Å². The van der Waals surface area contributed by atoms with Crippen LogP contribution in [0.4, 0.5) is 8.78 Å². The summed E-state index contributed by atoms with van der Waals surface area (Å²) in [7, 11) is 0. The van der Waals surface area contributed by atoms with Gasteiger partial charge in [0.25, 0.3) is 0 Å². The molecule has 1 aliphatic heterocycles. The molecule has 0 aliphatic carbocycles. The number of hydrogen-bond acceptors (Lipinski definition) is 2. The summed E-state index contributed by atoms with van der Waals surface area (Å²) < 4.78 is 32.0. The van der Waals surface area contributed by atoms with E-state index in [9.17, 15) is 8.78 Å². The lowest BCUT2D eigenvalue weighted by Crippen LogP contribution is -2.17. The summed E-state index contributed by atoms with van der Waals surface area (Å²) in [5, 5.41) is 3.39. The van der Waals surface area contributed by atoms with Gasteiger partial charge in [-0.2, -0.15) is 0 Å². The Morgan fingerprint density at radius 2 is 1.73 bits per heavy atom. The highest BCUT2D eigenvalue weighted by molar-refractivity contribution is 5.22. The monoisotopic (exact) mass is 303 g/mol. The van der Waals surface area contributed by atoms with Gasteiger partial charge in [-0.05, 0) is 23.3 Å². The Morgan fingerprint density at radius 3 is 2.45 bits per heavy atom. The van der Waals surface area contributed by atoms with Gasteiger partial charge in [0.1, 0.15) is 11.6 Å². The molecule has 2 unspecified atom stereocenters. The minimum atomic E-state index is -0.566. The lowest BCUT2D eigenvalue weighted by molar-refractivity contribution is 0.0874. The topological polar surface area (TPSA) is 21.3 Å². The molecule has 1 fully saturated rings. The Bertz CT molecular complexity index is 597. The van der Waals surface area contributed by atoms with Gasteiger partial charge in [-0.3, -0.25) is 0 Å². The summed E-state index contributed by atoms with van der Waals surface area (Å²) in [6.45, 7) is 2.64. The van der Waals surface area contributed by atoms with Crippen molar-refractivity contribution in [2.24, 2.45) is 5.92 Å². The molecule has 0 radical (unpaired) electrons. The van der Waals surface area contributed by atoms with Gasteiger partial charge in [0, 0.05) is 31.0 Å². The fourth-order valence-corrected chi connectivity index (χ4v) is 3.02. The van der Waals surface area contributed by atoms with E-state index in [1.165, 1.54) is 17.7 Å². The fourth-order valence-electron chi connectivity index (χ4n) is 3.02.